The van der Waals surface area contributed by atoms with Crippen molar-refractivity contribution in [2.75, 3.05) is 38.7 Å². The molecule has 2 N–H and O–H groups in total. The number of benzene rings is 3. The Kier molecular flexibility index (Phi) is 8.13. The molecule has 0 saturated carbocycles. The lowest BCUT2D eigenvalue weighted by Gasteiger charge is -2.57. The van der Waals surface area contributed by atoms with Gasteiger partial charge in [-0.05, 0) is 73.5 Å². The summed E-state index contributed by atoms with van der Waals surface area (Å²) in [6.45, 7) is 2.28. The third-order valence-corrected chi connectivity index (χ3v) is 7.68. The number of aliphatic hydroxyl groups excluding tert-OH is 1. The molecule has 2 amide bonds. The second kappa shape index (κ2) is 12.0. The maximum Gasteiger partial charge on any atom is 0.321 e. The Morgan fingerprint density at radius 3 is 2.41 bits per heavy atom. The summed E-state index contributed by atoms with van der Waals surface area (Å²) in [5.41, 5.74) is 4.00. The van der Waals surface area contributed by atoms with Crippen LogP contribution in [0.5, 0.6) is 5.75 Å². The molecule has 2 aliphatic rings. The van der Waals surface area contributed by atoms with E-state index in [-0.39, 0.29) is 30.6 Å². The fourth-order valence-corrected chi connectivity index (χ4v) is 5.62. The van der Waals surface area contributed by atoms with E-state index < -0.39 is 0 Å². The minimum atomic E-state index is -0.114. The van der Waals surface area contributed by atoms with Crippen molar-refractivity contribution in [3.63, 3.8) is 0 Å². The molecule has 7 heteroatoms. The Bertz CT molecular complexity index is 1400. The van der Waals surface area contributed by atoms with Crippen LogP contribution in [0.2, 0.25) is 0 Å². The van der Waals surface area contributed by atoms with Gasteiger partial charge in [-0.25, -0.2) is 4.79 Å². The predicted molar refractivity (Wildman–Crippen MR) is 151 cm³/mol. The largest absolute Gasteiger partial charge is 0.497 e. The summed E-state index contributed by atoms with van der Waals surface area (Å²) >= 11 is 0. The zero-order chi connectivity index (χ0) is 27.2. The topological polar surface area (TPSA) is 88.8 Å². The van der Waals surface area contributed by atoms with Gasteiger partial charge in [0.2, 0.25) is 0 Å². The van der Waals surface area contributed by atoms with Crippen molar-refractivity contribution in [3.05, 3.63) is 95.1 Å². The molecule has 0 bridgehead atoms. The van der Waals surface area contributed by atoms with E-state index in [0.717, 1.165) is 42.0 Å². The van der Waals surface area contributed by atoms with Gasteiger partial charge >= 0.3 is 6.03 Å². The Balaban J connectivity index is 1.31. The Labute approximate surface area is 229 Å². The highest BCUT2D eigenvalue weighted by molar-refractivity contribution is 5.89. The molecule has 39 heavy (non-hydrogen) atoms. The fourth-order valence-electron chi connectivity index (χ4n) is 5.62. The molecule has 2 fully saturated rings. The van der Waals surface area contributed by atoms with Crippen LogP contribution in [0.4, 0.5) is 10.5 Å². The number of hydrogen-bond acceptors (Lipinski definition) is 5. The molecule has 3 aromatic carbocycles. The third kappa shape index (κ3) is 5.76. The second-order valence-corrected chi connectivity index (χ2v) is 9.92. The third-order valence-electron chi connectivity index (χ3n) is 7.68. The number of nitriles is 1. The smallest absolute Gasteiger partial charge is 0.321 e. The van der Waals surface area contributed by atoms with E-state index in [4.69, 9.17) is 4.74 Å². The fraction of sp³-hybridized carbons (Fsp3) is 0.312. The highest BCUT2D eigenvalue weighted by atomic mass is 16.5. The van der Waals surface area contributed by atoms with E-state index >= 15 is 0 Å². The maximum atomic E-state index is 13.2. The number of hydrogen-bond donors (Lipinski definition) is 2. The van der Waals surface area contributed by atoms with Crippen LogP contribution in [0.3, 0.4) is 0 Å². The monoisotopic (exact) mass is 520 g/mol. The van der Waals surface area contributed by atoms with Gasteiger partial charge in [0.05, 0.1) is 19.3 Å². The van der Waals surface area contributed by atoms with Crippen LogP contribution in [-0.4, -0.2) is 66.4 Å². The second-order valence-electron chi connectivity index (χ2n) is 9.92. The highest BCUT2D eigenvalue weighted by Crippen LogP contribution is 2.42. The molecule has 7 nitrogen and oxygen atoms in total. The van der Waals surface area contributed by atoms with Crippen LogP contribution in [0.15, 0.2) is 72.8 Å². The molecule has 0 aliphatic carbocycles. The molecule has 5 rings (SSSR count). The van der Waals surface area contributed by atoms with Gasteiger partial charge in [-0.15, -0.1) is 0 Å². The Morgan fingerprint density at radius 2 is 1.72 bits per heavy atom. The van der Waals surface area contributed by atoms with Crippen molar-refractivity contribution in [2.24, 2.45) is 0 Å². The van der Waals surface area contributed by atoms with Crippen LogP contribution in [0, 0.1) is 23.2 Å². The van der Waals surface area contributed by atoms with E-state index in [9.17, 15) is 15.2 Å². The van der Waals surface area contributed by atoms with E-state index in [1.807, 2.05) is 59.5 Å². The molecular weight excluding hydrogens is 488 g/mol. The predicted octanol–water partition coefficient (Wildman–Crippen LogP) is 4.42. The van der Waals surface area contributed by atoms with Gasteiger partial charge in [-0.3, -0.25) is 4.90 Å². The van der Waals surface area contributed by atoms with E-state index in [2.05, 4.69) is 40.3 Å². The van der Waals surface area contributed by atoms with Gasteiger partial charge in [0, 0.05) is 47.9 Å². The van der Waals surface area contributed by atoms with Crippen LogP contribution in [-0.2, 0) is 0 Å². The number of nitrogens with zero attached hydrogens (tertiary/aromatic N) is 3. The Morgan fingerprint density at radius 1 is 1.00 bits per heavy atom. The molecule has 2 heterocycles. The summed E-state index contributed by atoms with van der Waals surface area (Å²) in [6.07, 6.45) is 1.90. The summed E-state index contributed by atoms with van der Waals surface area (Å²) in [7, 11) is 1.62. The van der Waals surface area contributed by atoms with E-state index in [1.54, 1.807) is 13.2 Å². The van der Waals surface area contributed by atoms with Crippen molar-refractivity contribution >= 4 is 11.7 Å². The number of nitrogens with one attached hydrogen (secondary N) is 1. The number of fused-ring (bicyclic) bond motifs is 1. The molecule has 0 aromatic heterocycles. The number of methoxy groups -OCH3 is 1. The van der Waals surface area contributed by atoms with Crippen molar-refractivity contribution < 1.29 is 14.6 Å². The first-order chi connectivity index (χ1) is 19.1. The number of carbonyl (C=O) groups excluding carboxylic acids is 1. The van der Waals surface area contributed by atoms with Gasteiger partial charge < -0.3 is 20.1 Å². The number of ether oxygens (including phenoxy) is 1. The molecule has 3 atom stereocenters. The molecule has 3 aromatic rings. The normalized spacial score (nSPS) is 20.6. The van der Waals surface area contributed by atoms with Crippen molar-refractivity contribution in [1.82, 2.24) is 9.80 Å². The van der Waals surface area contributed by atoms with E-state index in [1.165, 1.54) is 0 Å². The SMILES string of the molecule is COc1ccc(NC(=O)N2CCCCN3[C@H](CO)C(c4ccc(C#Cc5ccccc5C#N)cc4)[C@@H]3C2)cc1. The van der Waals surface area contributed by atoms with Crippen LogP contribution in [0.25, 0.3) is 0 Å². The summed E-state index contributed by atoms with van der Waals surface area (Å²) in [6, 6.07) is 25.0. The van der Waals surface area contributed by atoms with Gasteiger partial charge in [0.15, 0.2) is 0 Å². The van der Waals surface area contributed by atoms with Gasteiger partial charge in [-0.1, -0.05) is 36.1 Å². The molecule has 2 aliphatic heterocycles. The first-order valence-corrected chi connectivity index (χ1v) is 13.3. The van der Waals surface area contributed by atoms with Gasteiger partial charge in [0.25, 0.3) is 0 Å². The number of aliphatic hydroxyl groups is 1. The number of urea groups is 1. The maximum absolute atomic E-state index is 13.2. The first kappa shape index (κ1) is 26.3. The molecule has 198 valence electrons. The highest BCUT2D eigenvalue weighted by Gasteiger charge is 2.49. The summed E-state index contributed by atoms with van der Waals surface area (Å²) in [5.74, 6) is 7.12. The van der Waals surface area contributed by atoms with Crippen LogP contribution < -0.4 is 10.1 Å². The lowest BCUT2D eigenvalue weighted by atomic mass is 9.74. The quantitative estimate of drug-likeness (QED) is 0.497. The van der Waals surface area contributed by atoms with Crippen molar-refractivity contribution in [3.8, 4) is 23.7 Å². The molecule has 2 saturated heterocycles. The number of rotatable bonds is 4. The minimum Gasteiger partial charge on any atom is -0.497 e. The van der Waals surface area contributed by atoms with Crippen LogP contribution in [0.1, 0.15) is 41.0 Å². The van der Waals surface area contributed by atoms with Crippen molar-refractivity contribution in [1.29, 1.82) is 5.26 Å². The Hall–Kier alpha value is -4.30. The summed E-state index contributed by atoms with van der Waals surface area (Å²) in [4.78, 5) is 17.5. The molecular formula is C32H32N4O3. The van der Waals surface area contributed by atoms with Crippen LogP contribution >= 0.6 is 0 Å². The number of anilines is 1. The summed E-state index contributed by atoms with van der Waals surface area (Å²) < 4.78 is 5.21. The summed E-state index contributed by atoms with van der Waals surface area (Å²) in [5, 5.41) is 22.6. The molecule has 0 radical (unpaired) electrons. The number of carbonyl (C=O) groups is 1. The number of amides is 2. The minimum absolute atomic E-state index is 0.0269. The lowest BCUT2D eigenvalue weighted by molar-refractivity contribution is -0.0585. The lowest BCUT2D eigenvalue weighted by Crippen LogP contribution is -2.68. The standard InChI is InChI=1S/C32H32N4O3/c1-39-28-16-14-27(15-17-28)34-32(38)35-18-4-5-19-36-29(21-35)31(30(36)22-37)25-12-9-23(10-13-25)8-11-24-6-2-3-7-26(24)20-33/h2-3,6-7,9-10,12-17,29-31,37H,4-5,18-19,21-22H2,1H3,(H,34,38)/t29-,30+,31?/m0/s1. The zero-order valence-electron chi connectivity index (χ0n) is 22.0. The molecule has 0 spiro atoms. The average molecular weight is 521 g/mol. The average Bonchev–Trinajstić information content (AvgIpc) is 2.96. The first-order valence-electron chi connectivity index (χ1n) is 13.3. The van der Waals surface area contributed by atoms with Gasteiger partial charge in [-0.2, -0.15) is 5.26 Å². The van der Waals surface area contributed by atoms with Crippen molar-refractivity contribution in [2.45, 2.75) is 30.8 Å². The van der Waals surface area contributed by atoms with Gasteiger partial charge in [0.1, 0.15) is 11.8 Å². The van der Waals surface area contributed by atoms with E-state index in [0.29, 0.717) is 24.2 Å². The molecule has 1 unspecified atom stereocenters. The zero-order valence-corrected chi connectivity index (χ0v) is 22.0.